The van der Waals surface area contributed by atoms with Crippen LogP contribution in [0, 0.1) is 5.92 Å². The van der Waals surface area contributed by atoms with E-state index in [0.717, 1.165) is 12.0 Å². The van der Waals surface area contributed by atoms with Gasteiger partial charge in [0.1, 0.15) is 12.6 Å². The molecule has 0 amide bonds. The number of benzene rings is 1. The standard InChI is InChI=1S/C20H29NO2S/c1-15-9-11-17(12-10-15)20(2,3)24-14-18(21)19(22)23-13-16-7-5-4-6-8-16/h4-9,17-18H,10-14,21H2,1-3H3/t17?,18-/m0/s1. The van der Waals surface area contributed by atoms with Crippen molar-refractivity contribution in [1.29, 1.82) is 0 Å². The van der Waals surface area contributed by atoms with Crippen molar-refractivity contribution in [3.05, 3.63) is 47.5 Å². The highest BCUT2D eigenvalue weighted by atomic mass is 32.2. The minimum absolute atomic E-state index is 0.120. The van der Waals surface area contributed by atoms with Crippen molar-refractivity contribution in [2.75, 3.05) is 5.75 Å². The second-order valence-electron chi connectivity index (χ2n) is 7.14. The number of esters is 1. The van der Waals surface area contributed by atoms with Gasteiger partial charge in [-0.2, -0.15) is 11.8 Å². The van der Waals surface area contributed by atoms with Crippen LogP contribution in [0.4, 0.5) is 0 Å². The summed E-state index contributed by atoms with van der Waals surface area (Å²) in [5.41, 5.74) is 8.51. The van der Waals surface area contributed by atoms with Crippen LogP contribution in [0.25, 0.3) is 0 Å². The molecular weight excluding hydrogens is 318 g/mol. The van der Waals surface area contributed by atoms with Crippen LogP contribution in [0.3, 0.4) is 0 Å². The Kier molecular flexibility index (Phi) is 6.93. The van der Waals surface area contributed by atoms with Crippen LogP contribution in [0.1, 0.15) is 45.6 Å². The Morgan fingerprint density at radius 1 is 1.38 bits per heavy atom. The van der Waals surface area contributed by atoms with Crippen molar-refractivity contribution < 1.29 is 9.53 Å². The Balaban J connectivity index is 1.76. The third kappa shape index (κ3) is 5.67. The molecule has 0 radical (unpaired) electrons. The van der Waals surface area contributed by atoms with Gasteiger partial charge >= 0.3 is 5.97 Å². The molecular formula is C20H29NO2S. The summed E-state index contributed by atoms with van der Waals surface area (Å²) in [5, 5.41) is 0. The SMILES string of the molecule is CC1=CCC(C(C)(C)SC[C@H](N)C(=O)OCc2ccccc2)CC1. The van der Waals surface area contributed by atoms with Crippen LogP contribution >= 0.6 is 11.8 Å². The first-order valence-corrected chi connectivity index (χ1v) is 9.63. The summed E-state index contributed by atoms with van der Waals surface area (Å²) in [6.45, 7) is 7.01. The minimum atomic E-state index is -0.571. The average molecular weight is 348 g/mol. The number of carbonyl (C=O) groups excluding carboxylic acids is 1. The van der Waals surface area contributed by atoms with Gasteiger partial charge in [0.15, 0.2) is 0 Å². The zero-order valence-electron chi connectivity index (χ0n) is 15.0. The Hall–Kier alpha value is -1.26. The molecule has 0 saturated heterocycles. The Labute approximate surface area is 150 Å². The van der Waals surface area contributed by atoms with Gasteiger partial charge in [-0.05, 0) is 37.7 Å². The van der Waals surface area contributed by atoms with E-state index in [1.165, 1.54) is 18.4 Å². The van der Waals surface area contributed by atoms with Crippen LogP contribution in [0.15, 0.2) is 42.0 Å². The molecule has 24 heavy (non-hydrogen) atoms. The molecule has 3 nitrogen and oxygen atoms in total. The first-order chi connectivity index (χ1) is 11.4. The monoisotopic (exact) mass is 347 g/mol. The molecule has 1 aliphatic carbocycles. The lowest BCUT2D eigenvalue weighted by molar-refractivity contribution is -0.145. The van der Waals surface area contributed by atoms with Gasteiger partial charge in [0, 0.05) is 10.5 Å². The van der Waals surface area contributed by atoms with Gasteiger partial charge < -0.3 is 10.5 Å². The van der Waals surface area contributed by atoms with E-state index in [1.807, 2.05) is 30.3 Å². The molecule has 0 aromatic heterocycles. The molecule has 0 aliphatic heterocycles. The van der Waals surface area contributed by atoms with Crippen molar-refractivity contribution >= 4 is 17.7 Å². The predicted octanol–water partition coefficient (Wildman–Crippen LogP) is 4.32. The van der Waals surface area contributed by atoms with E-state index in [2.05, 4.69) is 26.8 Å². The average Bonchev–Trinajstić information content (AvgIpc) is 2.59. The molecule has 1 aromatic carbocycles. The largest absolute Gasteiger partial charge is 0.460 e. The Morgan fingerprint density at radius 2 is 2.08 bits per heavy atom. The summed E-state index contributed by atoms with van der Waals surface area (Å²) < 4.78 is 5.45. The Morgan fingerprint density at radius 3 is 2.71 bits per heavy atom. The van der Waals surface area contributed by atoms with Crippen molar-refractivity contribution in [3.8, 4) is 0 Å². The molecule has 0 spiro atoms. The molecule has 0 fully saturated rings. The third-order valence-corrected chi connectivity index (χ3v) is 6.39. The summed E-state index contributed by atoms with van der Waals surface area (Å²) in [6.07, 6.45) is 5.87. The summed E-state index contributed by atoms with van der Waals surface area (Å²) in [4.78, 5) is 12.1. The second kappa shape index (κ2) is 8.72. The van der Waals surface area contributed by atoms with Gasteiger partial charge in [-0.25, -0.2) is 0 Å². The number of rotatable bonds is 7. The van der Waals surface area contributed by atoms with E-state index in [0.29, 0.717) is 11.7 Å². The number of ether oxygens (including phenoxy) is 1. The van der Waals surface area contributed by atoms with Gasteiger partial charge in [0.2, 0.25) is 0 Å². The summed E-state index contributed by atoms with van der Waals surface area (Å²) in [6, 6.07) is 9.12. The number of thioether (sulfide) groups is 1. The lowest BCUT2D eigenvalue weighted by Gasteiger charge is -2.36. The molecule has 2 rings (SSSR count). The number of nitrogens with two attached hydrogens (primary N) is 1. The fourth-order valence-corrected chi connectivity index (χ4v) is 4.12. The summed E-state index contributed by atoms with van der Waals surface area (Å²) in [5.74, 6) is 0.917. The highest BCUT2D eigenvalue weighted by molar-refractivity contribution is 8.00. The highest BCUT2D eigenvalue weighted by Gasteiger charge is 2.32. The van der Waals surface area contributed by atoms with Crippen LogP contribution in [-0.2, 0) is 16.1 Å². The van der Waals surface area contributed by atoms with Crippen molar-refractivity contribution in [2.45, 2.75) is 57.4 Å². The zero-order chi connectivity index (χ0) is 17.6. The van der Waals surface area contributed by atoms with Crippen molar-refractivity contribution in [2.24, 2.45) is 11.7 Å². The van der Waals surface area contributed by atoms with Crippen molar-refractivity contribution in [1.82, 2.24) is 0 Å². The third-order valence-electron chi connectivity index (χ3n) is 4.78. The molecule has 4 heteroatoms. The lowest BCUT2D eigenvalue weighted by atomic mass is 9.82. The quantitative estimate of drug-likeness (QED) is 0.590. The summed E-state index contributed by atoms with van der Waals surface area (Å²) in [7, 11) is 0. The molecule has 2 atom stereocenters. The van der Waals surface area contributed by atoms with Gasteiger partial charge in [0.05, 0.1) is 0 Å². The molecule has 1 aliphatic rings. The van der Waals surface area contributed by atoms with E-state index in [9.17, 15) is 4.79 Å². The van der Waals surface area contributed by atoms with Gasteiger partial charge in [-0.15, -0.1) is 0 Å². The minimum Gasteiger partial charge on any atom is -0.460 e. The first kappa shape index (κ1) is 19.1. The fraction of sp³-hybridized carbons (Fsp3) is 0.550. The van der Waals surface area contributed by atoms with E-state index in [4.69, 9.17) is 10.5 Å². The molecule has 1 unspecified atom stereocenters. The smallest absolute Gasteiger partial charge is 0.324 e. The zero-order valence-corrected chi connectivity index (χ0v) is 15.8. The summed E-state index contributed by atoms with van der Waals surface area (Å²) >= 11 is 1.79. The van der Waals surface area contributed by atoms with Gasteiger partial charge in [0.25, 0.3) is 0 Å². The first-order valence-electron chi connectivity index (χ1n) is 8.64. The normalized spacial score (nSPS) is 19.5. The second-order valence-corrected chi connectivity index (χ2v) is 8.81. The number of hydrogen-bond donors (Lipinski definition) is 1. The molecule has 0 saturated carbocycles. The number of allylic oxidation sites excluding steroid dienone is 2. The molecule has 0 bridgehead atoms. The van der Waals surface area contributed by atoms with E-state index >= 15 is 0 Å². The van der Waals surface area contributed by atoms with Gasteiger partial charge in [-0.3, -0.25) is 4.79 Å². The van der Waals surface area contributed by atoms with Crippen LogP contribution in [0.5, 0.6) is 0 Å². The molecule has 2 N–H and O–H groups in total. The van der Waals surface area contributed by atoms with Crippen LogP contribution < -0.4 is 5.73 Å². The molecule has 1 aromatic rings. The molecule has 0 heterocycles. The van der Waals surface area contributed by atoms with E-state index in [1.54, 1.807) is 11.8 Å². The Bertz CT molecular complexity index is 568. The number of hydrogen-bond acceptors (Lipinski definition) is 4. The maximum Gasteiger partial charge on any atom is 0.324 e. The number of carbonyl (C=O) groups is 1. The molecule has 132 valence electrons. The lowest BCUT2D eigenvalue weighted by Crippen LogP contribution is -2.38. The maximum atomic E-state index is 12.1. The fourth-order valence-electron chi connectivity index (χ4n) is 2.92. The maximum absolute atomic E-state index is 12.1. The van der Waals surface area contributed by atoms with Crippen LogP contribution in [-0.4, -0.2) is 22.5 Å². The van der Waals surface area contributed by atoms with E-state index < -0.39 is 6.04 Å². The van der Waals surface area contributed by atoms with Crippen molar-refractivity contribution in [3.63, 3.8) is 0 Å². The van der Waals surface area contributed by atoms with Gasteiger partial charge in [-0.1, -0.05) is 55.8 Å². The predicted molar refractivity (Wildman–Crippen MR) is 102 cm³/mol. The van der Waals surface area contributed by atoms with Crippen LogP contribution in [0.2, 0.25) is 0 Å². The topological polar surface area (TPSA) is 52.3 Å². The highest BCUT2D eigenvalue weighted by Crippen LogP contribution is 2.40. The van der Waals surface area contributed by atoms with E-state index in [-0.39, 0.29) is 17.3 Å².